The van der Waals surface area contributed by atoms with Crippen LogP contribution in [0, 0.1) is 6.92 Å². The van der Waals surface area contributed by atoms with Crippen LogP contribution in [-0.4, -0.2) is 46.1 Å². The third-order valence-corrected chi connectivity index (χ3v) is 5.71. The molecule has 1 aromatic heterocycles. The van der Waals surface area contributed by atoms with Gasteiger partial charge in [0.1, 0.15) is 25.1 Å². The number of rotatable bonds is 8. The molecule has 1 atom stereocenters. The number of hydrogen-bond acceptors (Lipinski definition) is 7. The second-order valence-corrected chi connectivity index (χ2v) is 8.20. The fraction of sp³-hybridized carbons (Fsp3) is 0.286. The van der Waals surface area contributed by atoms with Gasteiger partial charge in [0.2, 0.25) is 11.1 Å². The van der Waals surface area contributed by atoms with E-state index in [4.69, 9.17) is 25.8 Å². The summed E-state index contributed by atoms with van der Waals surface area (Å²) < 4.78 is 17.2. The van der Waals surface area contributed by atoms with Gasteiger partial charge in [0.25, 0.3) is 0 Å². The number of para-hydroxylation sites is 2. The van der Waals surface area contributed by atoms with Crippen molar-refractivity contribution in [3.63, 3.8) is 0 Å². The van der Waals surface area contributed by atoms with Gasteiger partial charge in [-0.15, -0.1) is 5.10 Å². The number of aromatic amines is 1. The van der Waals surface area contributed by atoms with Crippen molar-refractivity contribution in [3.05, 3.63) is 58.9 Å². The van der Waals surface area contributed by atoms with Crippen LogP contribution in [0.1, 0.15) is 11.4 Å². The molecule has 3 aromatic rings. The number of aromatic nitrogens is 3. The van der Waals surface area contributed by atoms with E-state index in [2.05, 4.69) is 20.5 Å². The van der Waals surface area contributed by atoms with Crippen molar-refractivity contribution >= 4 is 29.3 Å². The highest BCUT2D eigenvalue weighted by molar-refractivity contribution is 7.99. The molecule has 1 aliphatic rings. The minimum Gasteiger partial charge on any atom is -0.486 e. The first-order valence-electron chi connectivity index (χ1n) is 9.65. The summed E-state index contributed by atoms with van der Waals surface area (Å²) in [5, 5.41) is 10.9. The van der Waals surface area contributed by atoms with Crippen LogP contribution in [0.3, 0.4) is 0 Å². The minimum atomic E-state index is -0.229. The molecule has 0 aliphatic carbocycles. The van der Waals surface area contributed by atoms with Crippen LogP contribution in [-0.2, 0) is 11.4 Å². The van der Waals surface area contributed by atoms with E-state index in [1.807, 2.05) is 37.3 Å². The van der Waals surface area contributed by atoms with E-state index >= 15 is 0 Å². The van der Waals surface area contributed by atoms with Crippen LogP contribution in [0.2, 0.25) is 5.02 Å². The summed E-state index contributed by atoms with van der Waals surface area (Å²) in [5.41, 5.74) is 0.938. The third kappa shape index (κ3) is 5.83. The quantitative estimate of drug-likeness (QED) is 0.497. The van der Waals surface area contributed by atoms with Crippen molar-refractivity contribution in [2.24, 2.45) is 0 Å². The first-order valence-corrected chi connectivity index (χ1v) is 11.0. The summed E-state index contributed by atoms with van der Waals surface area (Å²) >= 11 is 7.26. The van der Waals surface area contributed by atoms with Crippen molar-refractivity contribution in [2.75, 3.05) is 18.9 Å². The van der Waals surface area contributed by atoms with Crippen molar-refractivity contribution < 1.29 is 19.0 Å². The summed E-state index contributed by atoms with van der Waals surface area (Å²) in [5.74, 6) is 2.73. The van der Waals surface area contributed by atoms with E-state index < -0.39 is 0 Å². The van der Waals surface area contributed by atoms with Gasteiger partial charge in [-0.25, -0.2) is 4.98 Å². The first-order chi connectivity index (χ1) is 15.1. The van der Waals surface area contributed by atoms with E-state index in [9.17, 15) is 4.79 Å². The zero-order valence-electron chi connectivity index (χ0n) is 16.8. The van der Waals surface area contributed by atoms with Gasteiger partial charge < -0.3 is 19.5 Å². The standard InChI is InChI=1S/C21H21ClN4O4S/c1-13-8-14(6-7-16(13)22)28-11-19-24-21(26-25-19)31-12-20(27)23-9-15-10-29-17-4-2-3-5-18(17)30-15/h2-8,15H,9-12H2,1H3,(H,23,27)(H,24,25,26). The number of aryl methyl sites for hydroxylation is 1. The van der Waals surface area contributed by atoms with Gasteiger partial charge in [-0.2, -0.15) is 0 Å². The van der Waals surface area contributed by atoms with E-state index in [0.29, 0.717) is 40.7 Å². The predicted molar refractivity (Wildman–Crippen MR) is 117 cm³/mol. The summed E-state index contributed by atoms with van der Waals surface area (Å²) in [6.07, 6.45) is -0.229. The Morgan fingerprint density at radius 1 is 1.32 bits per heavy atom. The molecule has 1 unspecified atom stereocenters. The Balaban J connectivity index is 1.18. The molecule has 1 aliphatic heterocycles. The number of fused-ring (bicyclic) bond motifs is 1. The molecule has 2 aromatic carbocycles. The molecule has 8 nitrogen and oxygen atoms in total. The lowest BCUT2D eigenvalue weighted by atomic mass is 10.2. The van der Waals surface area contributed by atoms with Gasteiger partial charge in [-0.05, 0) is 42.8 Å². The molecular formula is C21H21ClN4O4S. The van der Waals surface area contributed by atoms with Gasteiger partial charge in [-0.1, -0.05) is 35.5 Å². The van der Waals surface area contributed by atoms with Gasteiger partial charge in [0.05, 0.1) is 12.3 Å². The molecule has 4 rings (SSSR count). The van der Waals surface area contributed by atoms with Crippen LogP contribution in [0.5, 0.6) is 17.2 Å². The Morgan fingerprint density at radius 3 is 3.00 bits per heavy atom. The molecule has 0 radical (unpaired) electrons. The van der Waals surface area contributed by atoms with Crippen molar-refractivity contribution in [3.8, 4) is 17.2 Å². The molecule has 2 heterocycles. The van der Waals surface area contributed by atoms with Gasteiger partial charge in [0, 0.05) is 5.02 Å². The monoisotopic (exact) mass is 460 g/mol. The first kappa shape index (κ1) is 21.3. The molecule has 0 spiro atoms. The largest absolute Gasteiger partial charge is 0.486 e. The predicted octanol–water partition coefficient (Wildman–Crippen LogP) is 3.39. The molecule has 10 heteroatoms. The number of ether oxygens (including phenoxy) is 3. The maximum absolute atomic E-state index is 12.2. The highest BCUT2D eigenvalue weighted by Gasteiger charge is 2.21. The number of H-pyrrole nitrogens is 1. The molecule has 162 valence electrons. The van der Waals surface area contributed by atoms with E-state index in [1.165, 1.54) is 11.8 Å². The number of carbonyl (C=O) groups excluding carboxylic acids is 1. The lowest BCUT2D eigenvalue weighted by Crippen LogP contribution is -2.41. The van der Waals surface area contributed by atoms with E-state index in [0.717, 1.165) is 11.3 Å². The van der Waals surface area contributed by atoms with Crippen LogP contribution < -0.4 is 19.5 Å². The van der Waals surface area contributed by atoms with Crippen LogP contribution in [0.4, 0.5) is 0 Å². The zero-order chi connectivity index (χ0) is 21.6. The number of nitrogens with zero attached hydrogens (tertiary/aromatic N) is 2. The van der Waals surface area contributed by atoms with Gasteiger partial charge in [-0.3, -0.25) is 9.89 Å². The fourth-order valence-electron chi connectivity index (χ4n) is 2.84. The number of benzene rings is 2. The van der Waals surface area contributed by atoms with Gasteiger partial charge in [0.15, 0.2) is 17.3 Å². The Morgan fingerprint density at radius 2 is 2.16 bits per heavy atom. The topological polar surface area (TPSA) is 98.4 Å². The SMILES string of the molecule is Cc1cc(OCc2nc(SCC(=O)NCC3COc4ccccc4O3)n[nH]2)ccc1Cl. The van der Waals surface area contributed by atoms with Crippen molar-refractivity contribution in [2.45, 2.75) is 24.8 Å². The summed E-state index contributed by atoms with van der Waals surface area (Å²) in [6.45, 7) is 2.90. The molecule has 0 saturated carbocycles. The van der Waals surface area contributed by atoms with E-state index in [-0.39, 0.29) is 24.4 Å². The Labute approximate surface area is 188 Å². The maximum atomic E-state index is 12.2. The van der Waals surface area contributed by atoms with Crippen LogP contribution in [0.15, 0.2) is 47.6 Å². The maximum Gasteiger partial charge on any atom is 0.230 e. The summed E-state index contributed by atoms with van der Waals surface area (Å²) in [6, 6.07) is 12.9. The minimum absolute atomic E-state index is 0.133. The molecular weight excluding hydrogens is 440 g/mol. The summed E-state index contributed by atoms with van der Waals surface area (Å²) in [7, 11) is 0. The molecule has 1 amide bonds. The average molecular weight is 461 g/mol. The fourth-order valence-corrected chi connectivity index (χ4v) is 3.60. The highest BCUT2D eigenvalue weighted by atomic mass is 35.5. The Kier molecular flexibility index (Phi) is 6.83. The van der Waals surface area contributed by atoms with Crippen LogP contribution >= 0.6 is 23.4 Å². The molecule has 0 saturated heterocycles. The molecule has 0 bridgehead atoms. The Hall–Kier alpha value is -2.91. The number of nitrogens with one attached hydrogen (secondary N) is 2. The number of halogens is 1. The molecule has 0 fully saturated rings. The smallest absolute Gasteiger partial charge is 0.230 e. The number of amides is 1. The second kappa shape index (κ2) is 9.93. The molecule has 31 heavy (non-hydrogen) atoms. The third-order valence-electron chi connectivity index (χ3n) is 4.44. The number of carbonyl (C=O) groups is 1. The van der Waals surface area contributed by atoms with Crippen molar-refractivity contribution in [1.82, 2.24) is 20.5 Å². The molecule has 2 N–H and O–H groups in total. The van der Waals surface area contributed by atoms with Crippen LogP contribution in [0.25, 0.3) is 0 Å². The summed E-state index contributed by atoms with van der Waals surface area (Å²) in [4.78, 5) is 16.5. The second-order valence-electron chi connectivity index (χ2n) is 6.85. The Bertz CT molecular complexity index is 1060. The van der Waals surface area contributed by atoms with Gasteiger partial charge >= 0.3 is 0 Å². The lowest BCUT2D eigenvalue weighted by Gasteiger charge is -2.26. The number of hydrogen-bond donors (Lipinski definition) is 2. The van der Waals surface area contributed by atoms with E-state index in [1.54, 1.807) is 12.1 Å². The number of thioether (sulfide) groups is 1. The van der Waals surface area contributed by atoms with Crippen molar-refractivity contribution in [1.29, 1.82) is 0 Å². The average Bonchev–Trinajstić information content (AvgIpc) is 3.25. The highest BCUT2D eigenvalue weighted by Crippen LogP contribution is 2.30. The lowest BCUT2D eigenvalue weighted by molar-refractivity contribution is -0.119. The zero-order valence-corrected chi connectivity index (χ0v) is 18.3. The normalized spacial score (nSPS) is 14.8.